The average Bonchev–Trinajstić information content (AvgIpc) is 2.71. The zero-order chi connectivity index (χ0) is 15.3. The number of thiophene rings is 1. The summed E-state index contributed by atoms with van der Waals surface area (Å²) in [6, 6.07) is 1.89. The van der Waals surface area contributed by atoms with Crippen LogP contribution in [0, 0.1) is 13.8 Å². The number of aliphatic hydroxyl groups excluding tert-OH is 1. The number of amides is 1. The first-order chi connectivity index (χ1) is 9.31. The zero-order valence-electron chi connectivity index (χ0n) is 12.6. The van der Waals surface area contributed by atoms with Crippen LogP contribution in [0.3, 0.4) is 0 Å². The van der Waals surface area contributed by atoms with Crippen LogP contribution in [0.2, 0.25) is 0 Å². The monoisotopic (exact) mass is 297 g/mol. The van der Waals surface area contributed by atoms with Crippen molar-refractivity contribution in [1.82, 2.24) is 4.90 Å². The molecule has 1 aromatic heterocycles. The predicted octanol–water partition coefficient (Wildman–Crippen LogP) is 2.56. The van der Waals surface area contributed by atoms with E-state index in [-0.39, 0.29) is 24.5 Å². The molecule has 1 atom stereocenters. The van der Waals surface area contributed by atoms with Gasteiger partial charge < -0.3 is 10.0 Å². The molecule has 0 spiro atoms. The van der Waals surface area contributed by atoms with E-state index in [0.717, 1.165) is 15.3 Å². The van der Waals surface area contributed by atoms with Crippen LogP contribution in [0.4, 0.5) is 0 Å². The number of hydrogen-bond acceptors (Lipinski definition) is 4. The van der Waals surface area contributed by atoms with Gasteiger partial charge in [-0.25, -0.2) is 0 Å². The van der Waals surface area contributed by atoms with Crippen molar-refractivity contribution in [2.24, 2.45) is 0 Å². The molecule has 1 aromatic rings. The number of ketones is 1. The van der Waals surface area contributed by atoms with E-state index in [1.165, 1.54) is 0 Å². The highest BCUT2D eigenvalue weighted by molar-refractivity contribution is 7.12. The number of aryl methyl sites for hydroxylation is 2. The third-order valence-corrected chi connectivity index (χ3v) is 4.18. The van der Waals surface area contributed by atoms with Crippen LogP contribution < -0.4 is 0 Å². The first kappa shape index (κ1) is 16.9. The van der Waals surface area contributed by atoms with E-state index >= 15 is 0 Å². The van der Waals surface area contributed by atoms with Gasteiger partial charge in [0, 0.05) is 41.8 Å². The minimum absolute atomic E-state index is 0.0316. The number of nitrogens with zero attached hydrogens (tertiary/aromatic N) is 1. The maximum Gasteiger partial charge on any atom is 0.222 e. The standard InChI is InChI=1S/C15H23NO3S/c1-10(17)7-8-16(4)15(19)6-5-14(18)13-9-11(2)20-12(13)3/h9-10,17H,5-8H2,1-4H3. The lowest BCUT2D eigenvalue weighted by Gasteiger charge is -2.17. The minimum atomic E-state index is -0.414. The number of Topliss-reactive ketones (excluding diaryl/α,β-unsaturated/α-hetero) is 1. The molecular formula is C15H23NO3S. The fourth-order valence-corrected chi connectivity index (χ4v) is 2.90. The largest absolute Gasteiger partial charge is 0.393 e. The van der Waals surface area contributed by atoms with Gasteiger partial charge in [0.1, 0.15) is 0 Å². The van der Waals surface area contributed by atoms with Crippen molar-refractivity contribution >= 4 is 23.0 Å². The Morgan fingerprint density at radius 1 is 1.35 bits per heavy atom. The van der Waals surface area contributed by atoms with Crippen LogP contribution in [0.15, 0.2) is 6.07 Å². The first-order valence-electron chi connectivity index (χ1n) is 6.83. The van der Waals surface area contributed by atoms with Gasteiger partial charge in [0.05, 0.1) is 6.10 Å². The molecular weight excluding hydrogens is 274 g/mol. The number of carbonyl (C=O) groups is 2. The van der Waals surface area contributed by atoms with E-state index in [4.69, 9.17) is 0 Å². The summed E-state index contributed by atoms with van der Waals surface area (Å²) in [5, 5.41) is 9.19. The number of rotatable bonds is 7. The second kappa shape index (κ2) is 7.55. The Hall–Kier alpha value is -1.20. The van der Waals surface area contributed by atoms with Gasteiger partial charge in [-0.2, -0.15) is 0 Å². The summed E-state index contributed by atoms with van der Waals surface area (Å²) in [5.41, 5.74) is 0.743. The van der Waals surface area contributed by atoms with E-state index in [0.29, 0.717) is 13.0 Å². The summed E-state index contributed by atoms with van der Waals surface area (Å²) >= 11 is 1.61. The highest BCUT2D eigenvalue weighted by Gasteiger charge is 2.15. The van der Waals surface area contributed by atoms with Crippen LogP contribution in [0.5, 0.6) is 0 Å². The van der Waals surface area contributed by atoms with Crippen LogP contribution in [0.25, 0.3) is 0 Å². The Labute approximate surface area is 124 Å². The Morgan fingerprint density at radius 2 is 2.00 bits per heavy atom. The van der Waals surface area contributed by atoms with E-state index in [2.05, 4.69) is 0 Å². The Balaban J connectivity index is 2.44. The Kier molecular flexibility index (Phi) is 6.36. The quantitative estimate of drug-likeness (QED) is 0.787. The molecule has 1 unspecified atom stereocenters. The lowest BCUT2D eigenvalue weighted by Crippen LogP contribution is -2.29. The van der Waals surface area contributed by atoms with E-state index in [1.54, 1.807) is 30.2 Å². The van der Waals surface area contributed by atoms with Crippen LogP contribution in [-0.2, 0) is 4.79 Å². The molecule has 112 valence electrons. The SMILES string of the molecule is Cc1cc(C(=O)CCC(=O)N(C)CCC(C)O)c(C)s1. The topological polar surface area (TPSA) is 57.6 Å². The number of hydrogen-bond donors (Lipinski definition) is 1. The van der Waals surface area contributed by atoms with Crippen molar-refractivity contribution in [3.05, 3.63) is 21.4 Å². The summed E-state index contributed by atoms with van der Waals surface area (Å²) in [6.07, 6.45) is 0.612. The maximum atomic E-state index is 12.1. The molecule has 0 aliphatic carbocycles. The molecule has 0 aliphatic heterocycles. The summed E-state index contributed by atoms with van der Waals surface area (Å²) in [6.45, 7) is 6.12. The first-order valence-corrected chi connectivity index (χ1v) is 7.65. The predicted molar refractivity (Wildman–Crippen MR) is 81.3 cm³/mol. The molecule has 1 rings (SSSR count). The van der Waals surface area contributed by atoms with Gasteiger partial charge >= 0.3 is 0 Å². The number of aliphatic hydroxyl groups is 1. The number of carbonyl (C=O) groups excluding carboxylic acids is 2. The molecule has 4 nitrogen and oxygen atoms in total. The van der Waals surface area contributed by atoms with Gasteiger partial charge in [0.25, 0.3) is 0 Å². The molecule has 5 heteroatoms. The van der Waals surface area contributed by atoms with Crippen molar-refractivity contribution in [2.45, 2.75) is 46.1 Å². The van der Waals surface area contributed by atoms with Gasteiger partial charge in [-0.05, 0) is 33.3 Å². The molecule has 0 bridgehead atoms. The van der Waals surface area contributed by atoms with E-state index in [9.17, 15) is 14.7 Å². The zero-order valence-corrected chi connectivity index (χ0v) is 13.4. The van der Waals surface area contributed by atoms with Gasteiger partial charge in [0.15, 0.2) is 5.78 Å². The van der Waals surface area contributed by atoms with Gasteiger partial charge in [0.2, 0.25) is 5.91 Å². The van der Waals surface area contributed by atoms with Crippen molar-refractivity contribution in [2.75, 3.05) is 13.6 Å². The Bertz CT molecular complexity index is 479. The van der Waals surface area contributed by atoms with Crippen molar-refractivity contribution in [3.63, 3.8) is 0 Å². The highest BCUT2D eigenvalue weighted by atomic mass is 32.1. The molecule has 1 amide bonds. The molecule has 0 radical (unpaired) electrons. The highest BCUT2D eigenvalue weighted by Crippen LogP contribution is 2.22. The van der Waals surface area contributed by atoms with Gasteiger partial charge in [-0.15, -0.1) is 11.3 Å². The molecule has 0 aromatic carbocycles. The fourth-order valence-electron chi connectivity index (χ4n) is 1.96. The van der Waals surface area contributed by atoms with Crippen molar-refractivity contribution < 1.29 is 14.7 Å². The summed E-state index contributed by atoms with van der Waals surface area (Å²) < 4.78 is 0. The second-order valence-corrected chi connectivity index (χ2v) is 6.66. The normalized spacial score (nSPS) is 12.2. The molecule has 0 saturated carbocycles. The average molecular weight is 297 g/mol. The molecule has 1 heterocycles. The lowest BCUT2D eigenvalue weighted by molar-refractivity contribution is -0.130. The summed E-state index contributed by atoms with van der Waals surface area (Å²) in [5.74, 6) is -0.0206. The molecule has 0 fully saturated rings. The van der Waals surface area contributed by atoms with Crippen LogP contribution in [-0.4, -0.2) is 41.4 Å². The minimum Gasteiger partial charge on any atom is -0.393 e. The van der Waals surface area contributed by atoms with Gasteiger partial charge in [-0.1, -0.05) is 0 Å². The third-order valence-electron chi connectivity index (χ3n) is 3.22. The molecule has 1 N–H and O–H groups in total. The smallest absolute Gasteiger partial charge is 0.222 e. The van der Waals surface area contributed by atoms with E-state index in [1.807, 2.05) is 19.9 Å². The maximum absolute atomic E-state index is 12.1. The van der Waals surface area contributed by atoms with Crippen LogP contribution in [0.1, 0.15) is 46.3 Å². The fraction of sp³-hybridized carbons (Fsp3) is 0.600. The van der Waals surface area contributed by atoms with Crippen molar-refractivity contribution in [3.8, 4) is 0 Å². The lowest BCUT2D eigenvalue weighted by atomic mass is 10.1. The Morgan fingerprint density at radius 3 is 2.50 bits per heavy atom. The molecule has 0 saturated heterocycles. The van der Waals surface area contributed by atoms with Crippen LogP contribution >= 0.6 is 11.3 Å². The molecule has 20 heavy (non-hydrogen) atoms. The molecule has 0 aliphatic rings. The van der Waals surface area contributed by atoms with Gasteiger partial charge in [-0.3, -0.25) is 9.59 Å². The summed E-state index contributed by atoms with van der Waals surface area (Å²) in [7, 11) is 1.70. The second-order valence-electron chi connectivity index (χ2n) is 5.20. The third kappa shape index (κ3) is 5.06. The summed E-state index contributed by atoms with van der Waals surface area (Å²) in [4.78, 5) is 27.7. The van der Waals surface area contributed by atoms with E-state index < -0.39 is 6.10 Å². The van der Waals surface area contributed by atoms with Crippen molar-refractivity contribution in [1.29, 1.82) is 0 Å².